The van der Waals surface area contributed by atoms with Crippen LogP contribution in [-0.4, -0.2) is 24.5 Å². The maximum Gasteiger partial charge on any atom is 0.335 e. The fourth-order valence-corrected chi connectivity index (χ4v) is 5.20. The van der Waals surface area contributed by atoms with E-state index in [4.69, 9.17) is 16.3 Å². The Morgan fingerprint density at radius 3 is 2.56 bits per heavy atom. The number of imide groups is 2. The molecule has 9 heteroatoms. The van der Waals surface area contributed by atoms with Gasteiger partial charge in [0.15, 0.2) is 0 Å². The van der Waals surface area contributed by atoms with Crippen molar-refractivity contribution in [2.75, 3.05) is 11.5 Å². The number of barbiturate groups is 1. The Bertz CT molecular complexity index is 1420. The van der Waals surface area contributed by atoms with Gasteiger partial charge < -0.3 is 4.74 Å². The van der Waals surface area contributed by atoms with Crippen molar-refractivity contribution in [3.05, 3.63) is 95.5 Å². The van der Waals surface area contributed by atoms with Crippen LogP contribution in [0.5, 0.6) is 5.75 Å². The van der Waals surface area contributed by atoms with E-state index in [1.54, 1.807) is 18.2 Å². The van der Waals surface area contributed by atoms with Crippen molar-refractivity contribution in [2.45, 2.75) is 20.3 Å². The summed E-state index contributed by atoms with van der Waals surface area (Å²) in [5.74, 6) is -0.826. The van der Waals surface area contributed by atoms with E-state index in [0.29, 0.717) is 29.4 Å². The average Bonchev–Trinajstić information content (AvgIpc) is 2.82. The highest BCUT2D eigenvalue weighted by molar-refractivity contribution is 14.1. The number of carbonyl (C=O) groups is 3. The molecule has 1 aliphatic heterocycles. The van der Waals surface area contributed by atoms with Gasteiger partial charge in [-0.3, -0.25) is 14.9 Å². The second kappa shape index (κ2) is 11.1. The van der Waals surface area contributed by atoms with Gasteiger partial charge in [0.1, 0.15) is 11.3 Å². The van der Waals surface area contributed by atoms with Gasteiger partial charge in [0.25, 0.3) is 11.8 Å². The molecule has 4 amide bonds. The molecular weight excluding hydrogens is 659 g/mol. The van der Waals surface area contributed by atoms with Crippen LogP contribution >= 0.6 is 50.1 Å². The molecular formula is C27H21BrClIN2O4. The van der Waals surface area contributed by atoms with Crippen LogP contribution in [0.3, 0.4) is 0 Å². The van der Waals surface area contributed by atoms with Gasteiger partial charge >= 0.3 is 6.03 Å². The summed E-state index contributed by atoms with van der Waals surface area (Å²) in [4.78, 5) is 39.4. The van der Waals surface area contributed by atoms with Gasteiger partial charge in [-0.1, -0.05) is 51.8 Å². The van der Waals surface area contributed by atoms with E-state index in [0.717, 1.165) is 29.6 Å². The first kappa shape index (κ1) is 26.4. The monoisotopic (exact) mass is 678 g/mol. The number of carbonyl (C=O) groups excluding carboxylic acids is 3. The quantitative estimate of drug-likeness (QED) is 0.180. The van der Waals surface area contributed by atoms with Crippen molar-refractivity contribution in [2.24, 2.45) is 0 Å². The molecule has 0 unspecified atom stereocenters. The summed E-state index contributed by atoms with van der Waals surface area (Å²) < 4.78 is 7.85. The molecule has 0 aliphatic carbocycles. The molecule has 3 aromatic rings. The molecule has 0 atom stereocenters. The molecule has 36 heavy (non-hydrogen) atoms. The van der Waals surface area contributed by atoms with Crippen molar-refractivity contribution in [1.82, 2.24) is 5.32 Å². The first-order valence-electron chi connectivity index (χ1n) is 11.1. The predicted molar refractivity (Wildman–Crippen MR) is 152 cm³/mol. The van der Waals surface area contributed by atoms with Gasteiger partial charge in [-0.05, 0) is 89.5 Å². The Balaban J connectivity index is 1.73. The lowest BCUT2D eigenvalue weighted by molar-refractivity contribution is -0.122. The number of anilines is 1. The largest absolute Gasteiger partial charge is 0.494 e. The van der Waals surface area contributed by atoms with Gasteiger partial charge in [-0.15, -0.1) is 0 Å². The Morgan fingerprint density at radius 1 is 1.11 bits per heavy atom. The third kappa shape index (κ3) is 5.50. The number of nitrogens with one attached hydrogen (secondary N) is 1. The maximum absolute atomic E-state index is 13.3. The standard InChI is InChI=1S/C27H21BrClIN2O4/c1-3-36-24-12-16(11-23(30)19(24)13-17-6-4-5-7-21(17)28)10-20-25(33)31-27(35)32(26(20)34)18-9-8-15(2)22(29)14-18/h4-12,14H,3,13H2,1-2H3,(H,31,33,35)/b20-10+. The van der Waals surface area contributed by atoms with Gasteiger partial charge in [-0.2, -0.15) is 0 Å². The van der Waals surface area contributed by atoms with Crippen LogP contribution in [0.1, 0.15) is 29.2 Å². The summed E-state index contributed by atoms with van der Waals surface area (Å²) in [5.41, 5.74) is 3.63. The van der Waals surface area contributed by atoms with Crippen LogP contribution in [0, 0.1) is 10.5 Å². The minimum atomic E-state index is -0.824. The average molecular weight is 680 g/mol. The van der Waals surface area contributed by atoms with E-state index in [2.05, 4.69) is 43.8 Å². The van der Waals surface area contributed by atoms with Crippen molar-refractivity contribution >= 4 is 79.7 Å². The van der Waals surface area contributed by atoms with Crippen LogP contribution in [0.25, 0.3) is 6.08 Å². The third-order valence-corrected chi connectivity index (χ3v) is 7.77. The summed E-state index contributed by atoms with van der Waals surface area (Å²) >= 11 is 12.0. The van der Waals surface area contributed by atoms with E-state index in [-0.39, 0.29) is 11.3 Å². The molecule has 184 valence electrons. The molecule has 0 aromatic heterocycles. The smallest absolute Gasteiger partial charge is 0.335 e. The summed E-state index contributed by atoms with van der Waals surface area (Å²) in [5, 5.41) is 2.65. The SMILES string of the molecule is CCOc1cc(/C=C2\C(=O)NC(=O)N(c3ccc(C)c(Cl)c3)C2=O)cc(I)c1Cc1ccccc1Br. The molecule has 4 rings (SSSR count). The fourth-order valence-electron chi connectivity index (χ4n) is 3.78. The lowest BCUT2D eigenvalue weighted by Crippen LogP contribution is -2.54. The molecule has 1 saturated heterocycles. The highest BCUT2D eigenvalue weighted by atomic mass is 127. The lowest BCUT2D eigenvalue weighted by Gasteiger charge is -2.26. The van der Waals surface area contributed by atoms with Gasteiger partial charge in [0.2, 0.25) is 0 Å². The van der Waals surface area contributed by atoms with Crippen LogP contribution in [0.2, 0.25) is 5.02 Å². The zero-order valence-corrected chi connectivity index (χ0v) is 23.9. The number of ether oxygens (including phenoxy) is 1. The summed E-state index contributed by atoms with van der Waals surface area (Å²) in [6.45, 7) is 4.17. The van der Waals surface area contributed by atoms with E-state index in [1.165, 1.54) is 12.1 Å². The number of rotatable bonds is 6. The first-order valence-corrected chi connectivity index (χ1v) is 13.3. The number of amides is 4. The Kier molecular flexibility index (Phi) is 8.17. The van der Waals surface area contributed by atoms with Crippen molar-refractivity contribution in [1.29, 1.82) is 0 Å². The predicted octanol–water partition coefficient (Wildman–Crippen LogP) is 6.67. The van der Waals surface area contributed by atoms with Gasteiger partial charge in [0.05, 0.1) is 12.3 Å². The number of urea groups is 1. The number of aryl methyl sites for hydroxylation is 1. The Hall–Kier alpha value is -2.69. The topological polar surface area (TPSA) is 75.7 Å². The summed E-state index contributed by atoms with van der Waals surface area (Å²) in [7, 11) is 0. The molecule has 3 aromatic carbocycles. The number of benzene rings is 3. The number of hydrogen-bond acceptors (Lipinski definition) is 4. The van der Waals surface area contributed by atoms with Crippen LogP contribution in [-0.2, 0) is 16.0 Å². The molecule has 1 fully saturated rings. The molecule has 1 heterocycles. The highest BCUT2D eigenvalue weighted by Gasteiger charge is 2.37. The van der Waals surface area contributed by atoms with E-state index >= 15 is 0 Å². The maximum atomic E-state index is 13.3. The summed E-state index contributed by atoms with van der Waals surface area (Å²) in [6.07, 6.45) is 2.11. The van der Waals surface area contributed by atoms with Crippen LogP contribution < -0.4 is 15.0 Å². The van der Waals surface area contributed by atoms with Crippen molar-refractivity contribution in [3.8, 4) is 5.75 Å². The molecule has 0 saturated carbocycles. The van der Waals surface area contributed by atoms with E-state index < -0.39 is 17.8 Å². The molecule has 0 spiro atoms. The molecule has 0 bridgehead atoms. The highest BCUT2D eigenvalue weighted by Crippen LogP contribution is 2.32. The van der Waals surface area contributed by atoms with E-state index in [9.17, 15) is 14.4 Å². The second-order valence-electron chi connectivity index (χ2n) is 8.07. The number of nitrogens with zero attached hydrogens (tertiary/aromatic N) is 1. The Labute approximate surface area is 235 Å². The normalized spacial score (nSPS) is 14.9. The van der Waals surface area contributed by atoms with Gasteiger partial charge in [-0.25, -0.2) is 9.69 Å². The van der Waals surface area contributed by atoms with Gasteiger partial charge in [0, 0.05) is 25.0 Å². The second-order valence-corrected chi connectivity index (χ2v) is 10.5. The zero-order chi connectivity index (χ0) is 26.0. The minimum absolute atomic E-state index is 0.164. The molecule has 0 radical (unpaired) electrons. The molecule has 1 N–H and O–H groups in total. The molecule has 1 aliphatic rings. The fraction of sp³-hybridized carbons (Fsp3) is 0.148. The Morgan fingerprint density at radius 2 is 1.86 bits per heavy atom. The number of hydrogen-bond donors (Lipinski definition) is 1. The lowest BCUT2D eigenvalue weighted by atomic mass is 10.0. The van der Waals surface area contributed by atoms with Crippen molar-refractivity contribution in [3.63, 3.8) is 0 Å². The molecule has 6 nitrogen and oxygen atoms in total. The van der Waals surface area contributed by atoms with Crippen molar-refractivity contribution < 1.29 is 19.1 Å². The van der Waals surface area contributed by atoms with Crippen LogP contribution in [0.4, 0.5) is 10.5 Å². The number of halogens is 3. The third-order valence-electron chi connectivity index (χ3n) is 5.63. The summed E-state index contributed by atoms with van der Waals surface area (Å²) in [6, 6.07) is 15.7. The minimum Gasteiger partial charge on any atom is -0.494 e. The van der Waals surface area contributed by atoms with Crippen LogP contribution in [0.15, 0.2) is 64.6 Å². The first-order chi connectivity index (χ1) is 17.2. The zero-order valence-electron chi connectivity index (χ0n) is 19.4. The van der Waals surface area contributed by atoms with E-state index in [1.807, 2.05) is 44.2 Å².